The number of hydrogen-bond donors (Lipinski definition) is 6. The van der Waals surface area contributed by atoms with E-state index in [1.165, 1.54) is 41.5 Å². The van der Waals surface area contributed by atoms with Crippen molar-refractivity contribution in [2.45, 2.75) is 96.3 Å². The Balaban J connectivity index is 1.46. The third-order valence-corrected chi connectivity index (χ3v) is 9.62. The fourth-order valence-corrected chi connectivity index (χ4v) is 6.05. The van der Waals surface area contributed by atoms with Gasteiger partial charge in [0.05, 0.1) is 24.3 Å². The lowest BCUT2D eigenvalue weighted by Gasteiger charge is -2.38. The summed E-state index contributed by atoms with van der Waals surface area (Å²) in [6.07, 6.45) is -0.925. The number of carbonyl (C=O) groups excluding carboxylic acids is 5. The summed E-state index contributed by atoms with van der Waals surface area (Å²) >= 11 is 0. The molecule has 3 aromatic rings. The summed E-state index contributed by atoms with van der Waals surface area (Å²) in [7, 11) is 1.55. The molecule has 1 aliphatic heterocycles. The van der Waals surface area contributed by atoms with Gasteiger partial charge in [0.25, 0.3) is 0 Å². The van der Waals surface area contributed by atoms with Gasteiger partial charge in [0.1, 0.15) is 16.6 Å². The van der Waals surface area contributed by atoms with Crippen LogP contribution < -0.4 is 37.8 Å². The van der Waals surface area contributed by atoms with Crippen LogP contribution in [0.5, 0.6) is 0 Å². The molecule has 3 aromatic carbocycles. The third-order valence-electron chi connectivity index (χ3n) is 9.62. The van der Waals surface area contributed by atoms with Crippen molar-refractivity contribution in [3.63, 3.8) is 0 Å². The molecule has 5 amide bonds. The van der Waals surface area contributed by atoms with E-state index in [0.717, 1.165) is 16.7 Å². The molecule has 1 fully saturated rings. The van der Waals surface area contributed by atoms with Crippen LogP contribution in [-0.2, 0) is 44.5 Å². The Morgan fingerprint density at radius 1 is 0.618 bits per heavy atom. The Morgan fingerprint density at radius 2 is 1.02 bits per heavy atom. The fourth-order valence-electron chi connectivity index (χ4n) is 6.05. The molecule has 1 heterocycles. The second-order valence-corrected chi connectivity index (χ2v) is 15.9. The first-order valence-electron chi connectivity index (χ1n) is 18.2. The summed E-state index contributed by atoms with van der Waals surface area (Å²) in [5.74, 6) is -3.16. The average Bonchev–Trinajstić information content (AvgIpc) is 3.54. The number of nitrogens with one attached hydrogen (secondary N) is 5. The summed E-state index contributed by atoms with van der Waals surface area (Å²) in [6.45, 7) is 9.62. The molecule has 1 aliphatic rings. The lowest BCUT2D eigenvalue weighted by molar-refractivity contribution is -0.140. The third kappa shape index (κ3) is 10.2. The molecule has 0 radical (unpaired) electrons. The minimum absolute atomic E-state index is 0.213. The van der Waals surface area contributed by atoms with Gasteiger partial charge in [-0.3, -0.25) is 29.3 Å². The molecule has 0 aliphatic carbocycles. The zero-order valence-corrected chi connectivity index (χ0v) is 33.1. The largest absolute Gasteiger partial charge is 0.543 e. The quantitative estimate of drug-likeness (QED) is 0.119. The van der Waals surface area contributed by atoms with Gasteiger partial charge < -0.3 is 41.0 Å². The van der Waals surface area contributed by atoms with Crippen molar-refractivity contribution < 1.29 is 37.9 Å². The van der Waals surface area contributed by atoms with Crippen LogP contribution in [0.4, 0.5) is 0 Å². The van der Waals surface area contributed by atoms with Gasteiger partial charge >= 0.3 is 6.75 Å². The molecule has 1 saturated heterocycles. The molecule has 0 spiro atoms. The van der Waals surface area contributed by atoms with Gasteiger partial charge in [-0.05, 0) is 73.6 Å². The zero-order chi connectivity index (χ0) is 40.8. The Labute approximate surface area is 323 Å². The van der Waals surface area contributed by atoms with Crippen molar-refractivity contribution in [3.05, 3.63) is 102 Å². The highest BCUT2D eigenvalue weighted by Gasteiger charge is 2.47. The van der Waals surface area contributed by atoms with Gasteiger partial charge in [-0.2, -0.15) is 0 Å². The molecule has 4 rings (SSSR count). The number of primary amides is 1. The lowest BCUT2D eigenvalue weighted by Crippen LogP contribution is -2.67. The van der Waals surface area contributed by atoms with E-state index in [1.807, 2.05) is 84.9 Å². The fraction of sp³-hybridized carbons (Fsp3) is 0.425. The molecular formula is C40H54BN6O8-. The summed E-state index contributed by atoms with van der Waals surface area (Å²) in [5, 5.41) is 13.7. The van der Waals surface area contributed by atoms with Gasteiger partial charge in [-0.1, -0.05) is 90.5 Å². The summed E-state index contributed by atoms with van der Waals surface area (Å²) < 4.78 is 19.6. The van der Waals surface area contributed by atoms with Crippen molar-refractivity contribution in [2.24, 2.45) is 5.73 Å². The topological polar surface area (TPSA) is 199 Å². The first kappa shape index (κ1) is 42.7. The number of amides is 5. The van der Waals surface area contributed by atoms with Crippen molar-refractivity contribution in [2.75, 3.05) is 13.7 Å². The Hall–Kier alpha value is -5.09. The molecule has 296 valence electrons. The van der Waals surface area contributed by atoms with E-state index < -0.39 is 77.2 Å². The van der Waals surface area contributed by atoms with E-state index >= 15 is 0 Å². The monoisotopic (exact) mass is 757 g/mol. The highest BCUT2D eigenvalue weighted by atomic mass is 16.8. The van der Waals surface area contributed by atoms with E-state index in [0.29, 0.717) is 5.46 Å². The predicted octanol–water partition coefficient (Wildman–Crippen LogP) is 2.16. The summed E-state index contributed by atoms with van der Waals surface area (Å²) in [6, 6.07) is 27.2. The maximum atomic E-state index is 13.8. The normalized spacial score (nSPS) is 18.9. The minimum Gasteiger partial charge on any atom is -0.543 e. The first-order valence-corrected chi connectivity index (χ1v) is 18.2. The molecule has 55 heavy (non-hydrogen) atoms. The first-order chi connectivity index (χ1) is 25.6. The second kappa shape index (κ2) is 16.7. The van der Waals surface area contributed by atoms with Crippen LogP contribution in [0.25, 0.3) is 0 Å². The number of carbonyl (C=O) groups is 5. The summed E-state index contributed by atoms with van der Waals surface area (Å²) in [5.41, 5.74) is 2.86. The highest BCUT2D eigenvalue weighted by Crippen LogP contribution is 2.45. The smallest absolute Gasteiger partial charge is 0.410 e. The van der Waals surface area contributed by atoms with Crippen LogP contribution in [0, 0.1) is 0 Å². The molecular weight excluding hydrogens is 703 g/mol. The van der Waals surface area contributed by atoms with Crippen LogP contribution in [0.2, 0.25) is 0 Å². The Kier molecular flexibility index (Phi) is 13.0. The van der Waals surface area contributed by atoms with Crippen LogP contribution >= 0.6 is 0 Å². The van der Waals surface area contributed by atoms with Crippen molar-refractivity contribution >= 4 is 41.8 Å². The minimum atomic E-state index is -2.45. The van der Waals surface area contributed by atoms with Gasteiger partial charge in [-0.15, -0.1) is 5.46 Å². The van der Waals surface area contributed by atoms with Gasteiger partial charge in [-0.25, -0.2) is 0 Å². The number of nitrogens with two attached hydrogens (primary N) is 1. The Bertz CT molecular complexity index is 1820. The van der Waals surface area contributed by atoms with Crippen molar-refractivity contribution in [1.82, 2.24) is 26.6 Å². The highest BCUT2D eigenvalue weighted by molar-refractivity contribution is 6.76. The number of rotatable bonds is 16. The maximum absolute atomic E-state index is 13.8. The SMILES string of the molecule is CO[B-]1(c2ccccc2CNC(C)(C)C(=O)NC(C)(C)C(=O)NC(C)(C)C(=O)NC(C)(C)C(=O)NCC(N)=O)O[C@H](c2ccccc2)[C@H](c2ccccc2)O1. The molecule has 7 N–H and O–H groups in total. The van der Waals surface area contributed by atoms with Crippen molar-refractivity contribution in [3.8, 4) is 0 Å². The standard InChI is InChI=1S/C40H54BN6O8/c1-37(2,34(50)45-39(5,6)36(52)47-40(7,8)35(51)46-38(3,4)33(49)43-25-30(42)48)44-24-28-22-16-17-23-29(28)41(53-9)54-31(26-18-12-10-13-19-26)32(55-41)27-20-14-11-15-21-27/h10-23,31-32,44H,24-25H2,1-9H3,(H2,42,48)(H,43,49)(H,45,50)(H,46,51)(H,47,52)/q-1/t31-,32+,41?. The van der Waals surface area contributed by atoms with Gasteiger partial charge in [0, 0.05) is 6.54 Å². The second-order valence-electron chi connectivity index (χ2n) is 15.9. The number of benzene rings is 3. The van der Waals surface area contributed by atoms with Gasteiger partial charge in [0.15, 0.2) is 0 Å². The lowest BCUT2D eigenvalue weighted by atomic mass is 9.67. The van der Waals surface area contributed by atoms with Crippen LogP contribution in [0.15, 0.2) is 84.9 Å². The van der Waals surface area contributed by atoms with Crippen LogP contribution in [0.1, 0.15) is 84.3 Å². The molecule has 0 aromatic heterocycles. The van der Waals surface area contributed by atoms with Crippen molar-refractivity contribution in [1.29, 1.82) is 0 Å². The van der Waals surface area contributed by atoms with Crippen LogP contribution in [0.3, 0.4) is 0 Å². The zero-order valence-electron chi connectivity index (χ0n) is 33.1. The number of hydrogen-bond acceptors (Lipinski definition) is 9. The van der Waals surface area contributed by atoms with E-state index in [4.69, 9.17) is 19.7 Å². The van der Waals surface area contributed by atoms with E-state index in [1.54, 1.807) is 21.0 Å². The molecule has 1 unspecified atom stereocenters. The van der Waals surface area contributed by atoms with E-state index in [2.05, 4.69) is 26.6 Å². The molecule has 14 nitrogen and oxygen atoms in total. The molecule has 0 bridgehead atoms. The predicted molar refractivity (Wildman–Crippen MR) is 209 cm³/mol. The average molecular weight is 758 g/mol. The van der Waals surface area contributed by atoms with Gasteiger partial charge in [0.2, 0.25) is 29.5 Å². The van der Waals surface area contributed by atoms with Crippen LogP contribution in [-0.4, -0.2) is 72.1 Å². The molecule has 15 heteroatoms. The molecule has 0 saturated carbocycles. The maximum Gasteiger partial charge on any atom is 0.410 e. The van der Waals surface area contributed by atoms with E-state index in [9.17, 15) is 24.0 Å². The molecule has 3 atom stereocenters. The summed E-state index contributed by atoms with van der Waals surface area (Å²) in [4.78, 5) is 64.1. The van der Waals surface area contributed by atoms with E-state index in [-0.39, 0.29) is 6.54 Å². The Morgan fingerprint density at radius 3 is 1.45 bits per heavy atom.